The van der Waals surface area contributed by atoms with Gasteiger partial charge in [0.05, 0.1) is 17.9 Å². The number of thioether (sulfide) groups is 1. The number of hydrogen-bond acceptors (Lipinski definition) is 8. The van der Waals surface area contributed by atoms with Crippen molar-refractivity contribution in [3.63, 3.8) is 0 Å². The molecule has 11 heteroatoms. The second kappa shape index (κ2) is 11.0. The molecule has 2 heterocycles. The first kappa shape index (κ1) is 25.5. The number of nitrogens with zero attached hydrogens (tertiary/aromatic N) is 3. The lowest BCUT2D eigenvalue weighted by Crippen LogP contribution is -2.17. The summed E-state index contributed by atoms with van der Waals surface area (Å²) in [6.45, 7) is 5.89. The molecule has 1 aliphatic carbocycles. The Morgan fingerprint density at radius 3 is 2.86 bits per heavy atom. The van der Waals surface area contributed by atoms with E-state index in [1.54, 1.807) is 13.0 Å². The van der Waals surface area contributed by atoms with Crippen LogP contribution in [-0.2, 0) is 29.4 Å². The van der Waals surface area contributed by atoms with Crippen molar-refractivity contribution in [1.29, 1.82) is 0 Å². The van der Waals surface area contributed by atoms with Crippen molar-refractivity contribution in [3.05, 3.63) is 50.6 Å². The predicted molar refractivity (Wildman–Crippen MR) is 138 cm³/mol. The maximum atomic E-state index is 12.7. The molecule has 1 aromatic carbocycles. The molecule has 186 valence electrons. The average molecular weight is 535 g/mol. The average Bonchev–Trinajstić information content (AvgIpc) is 3.49. The first-order valence-corrected chi connectivity index (χ1v) is 13.5. The molecule has 1 atom stereocenters. The highest BCUT2D eigenvalue weighted by atomic mass is 35.5. The summed E-state index contributed by atoms with van der Waals surface area (Å²) in [5.41, 5.74) is 2.45. The van der Waals surface area contributed by atoms with Crippen molar-refractivity contribution in [2.24, 2.45) is 7.05 Å². The second-order valence-corrected chi connectivity index (χ2v) is 10.7. The van der Waals surface area contributed by atoms with Crippen molar-refractivity contribution < 1.29 is 19.1 Å². The number of amides is 1. The molecular weight excluding hydrogens is 508 g/mol. The summed E-state index contributed by atoms with van der Waals surface area (Å²) in [4.78, 5) is 26.4. The lowest BCUT2D eigenvalue weighted by atomic mass is 10.1. The highest BCUT2D eigenvalue weighted by Gasteiger charge is 2.28. The minimum absolute atomic E-state index is 0.127. The minimum atomic E-state index is -0.377. The largest absolute Gasteiger partial charge is 0.482 e. The van der Waals surface area contributed by atoms with Crippen molar-refractivity contribution in [1.82, 2.24) is 14.8 Å². The normalized spacial score (nSPS) is 13.4. The molecule has 0 spiro atoms. The van der Waals surface area contributed by atoms with Crippen LogP contribution >= 0.6 is 34.7 Å². The van der Waals surface area contributed by atoms with E-state index in [2.05, 4.69) is 15.5 Å². The van der Waals surface area contributed by atoms with Crippen LogP contribution in [0, 0.1) is 6.92 Å². The number of carbonyl (C=O) groups is 2. The second-order valence-electron chi connectivity index (χ2n) is 8.19. The van der Waals surface area contributed by atoms with Gasteiger partial charge >= 0.3 is 5.97 Å². The van der Waals surface area contributed by atoms with Gasteiger partial charge in [0.1, 0.15) is 10.8 Å². The van der Waals surface area contributed by atoms with E-state index in [1.807, 2.05) is 37.6 Å². The lowest BCUT2D eigenvalue weighted by molar-refractivity contribution is -0.113. The van der Waals surface area contributed by atoms with Gasteiger partial charge in [-0.05, 0) is 69.4 Å². The fourth-order valence-electron chi connectivity index (χ4n) is 4.00. The number of ether oxygens (including phenoxy) is 2. The van der Waals surface area contributed by atoms with Crippen LogP contribution in [0.1, 0.15) is 58.6 Å². The van der Waals surface area contributed by atoms with E-state index in [9.17, 15) is 9.59 Å². The third-order valence-electron chi connectivity index (χ3n) is 5.66. The number of carbonyl (C=O) groups excluding carboxylic acids is 2. The Morgan fingerprint density at radius 1 is 1.31 bits per heavy atom. The predicted octanol–water partition coefficient (Wildman–Crippen LogP) is 5.37. The van der Waals surface area contributed by atoms with Crippen LogP contribution in [0.5, 0.6) is 5.75 Å². The standard InChI is InChI=1S/C24H27ClN4O4S2/c1-5-32-23(31)20-16-7-6-8-18(16)35-22(20)26-19(30)12-34-24-28-27-21(29(24)4)14(3)33-17-10-9-15(25)11-13(17)2/h9-11,14H,5-8,12H2,1-4H3,(H,26,30). The Bertz CT molecular complexity index is 1260. The van der Waals surface area contributed by atoms with Gasteiger partial charge in [0.15, 0.2) is 17.1 Å². The summed E-state index contributed by atoms with van der Waals surface area (Å²) in [7, 11) is 1.84. The van der Waals surface area contributed by atoms with Crippen LogP contribution in [0.4, 0.5) is 5.00 Å². The van der Waals surface area contributed by atoms with Crippen molar-refractivity contribution >= 4 is 51.6 Å². The number of fused-ring (bicyclic) bond motifs is 1. The first-order valence-electron chi connectivity index (χ1n) is 11.3. The monoisotopic (exact) mass is 534 g/mol. The molecule has 1 N–H and O–H groups in total. The Kier molecular flexibility index (Phi) is 8.03. The molecule has 0 saturated carbocycles. The van der Waals surface area contributed by atoms with E-state index in [-0.39, 0.29) is 23.7 Å². The minimum Gasteiger partial charge on any atom is -0.482 e. The number of nitrogens with one attached hydrogen (secondary N) is 1. The number of aromatic nitrogens is 3. The smallest absolute Gasteiger partial charge is 0.341 e. The van der Waals surface area contributed by atoms with Gasteiger partial charge in [-0.3, -0.25) is 4.79 Å². The molecule has 8 nitrogen and oxygen atoms in total. The molecule has 1 aliphatic rings. The molecule has 1 unspecified atom stereocenters. The highest BCUT2D eigenvalue weighted by Crippen LogP contribution is 2.39. The van der Waals surface area contributed by atoms with Crippen LogP contribution in [0.25, 0.3) is 0 Å². The number of rotatable bonds is 9. The summed E-state index contributed by atoms with van der Waals surface area (Å²) in [6, 6.07) is 5.45. The molecular formula is C24H27ClN4O4S2. The molecule has 0 saturated heterocycles. The van der Waals surface area contributed by atoms with E-state index in [1.165, 1.54) is 23.1 Å². The van der Waals surface area contributed by atoms with Crippen molar-refractivity contribution in [2.45, 2.75) is 51.3 Å². The SMILES string of the molecule is CCOC(=O)c1c(NC(=O)CSc2nnc(C(C)Oc3ccc(Cl)cc3C)n2C)sc2c1CCC2. The van der Waals surface area contributed by atoms with Gasteiger partial charge in [-0.1, -0.05) is 23.4 Å². The maximum absolute atomic E-state index is 12.7. The third kappa shape index (κ3) is 5.65. The molecule has 3 aromatic rings. The van der Waals surface area contributed by atoms with Gasteiger partial charge in [0, 0.05) is 16.9 Å². The molecule has 35 heavy (non-hydrogen) atoms. The van der Waals surface area contributed by atoms with Crippen LogP contribution in [-0.4, -0.2) is 39.0 Å². The number of esters is 1. The molecule has 0 fully saturated rings. The van der Waals surface area contributed by atoms with Gasteiger partial charge in [-0.2, -0.15) is 0 Å². The summed E-state index contributed by atoms with van der Waals surface area (Å²) < 4.78 is 13.1. The number of halogens is 1. The zero-order valence-electron chi connectivity index (χ0n) is 20.0. The van der Waals surface area contributed by atoms with Gasteiger partial charge in [-0.25, -0.2) is 4.79 Å². The van der Waals surface area contributed by atoms with Gasteiger partial charge in [0.25, 0.3) is 0 Å². The van der Waals surface area contributed by atoms with Gasteiger partial charge < -0.3 is 19.4 Å². The number of anilines is 1. The van der Waals surface area contributed by atoms with Crippen molar-refractivity contribution in [3.8, 4) is 5.75 Å². The van der Waals surface area contributed by atoms with E-state index < -0.39 is 0 Å². The number of aryl methyl sites for hydroxylation is 2. The Balaban J connectivity index is 1.39. The van der Waals surface area contributed by atoms with E-state index in [4.69, 9.17) is 21.1 Å². The third-order valence-corrected chi connectivity index (χ3v) is 8.12. The number of thiophene rings is 1. The van der Waals surface area contributed by atoms with E-state index in [0.717, 1.165) is 41.0 Å². The molecule has 0 aliphatic heterocycles. The molecule has 4 rings (SSSR count). The van der Waals surface area contributed by atoms with Crippen molar-refractivity contribution in [2.75, 3.05) is 17.7 Å². The fourth-order valence-corrected chi connectivity index (χ4v) is 6.24. The summed E-state index contributed by atoms with van der Waals surface area (Å²) in [5, 5.41) is 13.2. The summed E-state index contributed by atoms with van der Waals surface area (Å²) in [6.07, 6.45) is 2.43. The van der Waals surface area contributed by atoms with E-state index in [0.29, 0.717) is 33.2 Å². The van der Waals surface area contributed by atoms with Crippen LogP contribution in [0.15, 0.2) is 23.4 Å². The molecule has 0 bridgehead atoms. The fraction of sp³-hybridized carbons (Fsp3) is 0.417. The zero-order valence-corrected chi connectivity index (χ0v) is 22.4. The molecule has 1 amide bonds. The molecule has 0 radical (unpaired) electrons. The van der Waals surface area contributed by atoms with Crippen LogP contribution in [0.3, 0.4) is 0 Å². The van der Waals surface area contributed by atoms with E-state index >= 15 is 0 Å². The zero-order chi connectivity index (χ0) is 25.1. The molecule has 2 aromatic heterocycles. The number of hydrogen-bond donors (Lipinski definition) is 1. The Morgan fingerprint density at radius 2 is 2.11 bits per heavy atom. The quantitative estimate of drug-likeness (QED) is 0.291. The topological polar surface area (TPSA) is 95.3 Å². The summed E-state index contributed by atoms with van der Waals surface area (Å²) >= 11 is 8.77. The lowest BCUT2D eigenvalue weighted by Gasteiger charge is -2.16. The van der Waals surface area contributed by atoms with Crippen LogP contribution < -0.4 is 10.1 Å². The maximum Gasteiger partial charge on any atom is 0.341 e. The highest BCUT2D eigenvalue weighted by molar-refractivity contribution is 7.99. The summed E-state index contributed by atoms with van der Waals surface area (Å²) in [5.74, 6) is 0.895. The van der Waals surface area contributed by atoms with Crippen LogP contribution in [0.2, 0.25) is 5.02 Å². The Hall–Kier alpha value is -2.56. The van der Waals surface area contributed by atoms with Gasteiger partial charge in [-0.15, -0.1) is 21.5 Å². The first-order chi connectivity index (χ1) is 16.8. The Labute approximate surface area is 217 Å². The number of benzene rings is 1. The van der Waals surface area contributed by atoms with Gasteiger partial charge in [0.2, 0.25) is 5.91 Å².